The zero-order valence-electron chi connectivity index (χ0n) is 15.5. The third-order valence-electron chi connectivity index (χ3n) is 5.03. The van der Waals surface area contributed by atoms with Crippen molar-refractivity contribution in [2.24, 2.45) is 0 Å². The number of hydrogen-bond donors (Lipinski definition) is 0. The smallest absolute Gasteiger partial charge is 0.310 e. The Morgan fingerprint density at radius 2 is 1.27 bits per heavy atom. The predicted octanol–water partition coefficient (Wildman–Crippen LogP) is 4.77. The van der Waals surface area contributed by atoms with Crippen LogP contribution in [0.3, 0.4) is 0 Å². The zero-order valence-corrected chi connectivity index (χ0v) is 16.5. The average molecular weight is 361 g/mol. The lowest BCUT2D eigenvalue weighted by Gasteiger charge is -2.31. The van der Waals surface area contributed by atoms with Crippen molar-refractivity contribution in [3.63, 3.8) is 0 Å². The lowest BCUT2D eigenvalue weighted by atomic mass is 10.0. The van der Waals surface area contributed by atoms with Crippen molar-refractivity contribution in [1.29, 1.82) is 0 Å². The molecule has 0 amide bonds. The zero-order chi connectivity index (χ0) is 18.6. The van der Waals surface area contributed by atoms with Gasteiger partial charge < -0.3 is 4.74 Å². The number of hydrogen-bond acceptors (Lipinski definition) is 2. The van der Waals surface area contributed by atoms with Crippen LogP contribution in [0.1, 0.15) is 11.1 Å². The van der Waals surface area contributed by atoms with E-state index in [9.17, 15) is 4.79 Å². The Morgan fingerprint density at radius 3 is 1.81 bits per heavy atom. The highest BCUT2D eigenvalue weighted by Crippen LogP contribution is 2.30. The van der Waals surface area contributed by atoms with E-state index in [1.807, 2.05) is 36.4 Å². The SMILES string of the molecule is COC(=O)C(c1ccc(-c2ccccc2)cc1)[Si](C)(C)c1ccccc1. The van der Waals surface area contributed by atoms with Crippen LogP contribution in [0.2, 0.25) is 13.1 Å². The number of benzene rings is 3. The minimum Gasteiger partial charge on any atom is -0.469 e. The Hall–Kier alpha value is -2.65. The summed E-state index contributed by atoms with van der Waals surface area (Å²) in [7, 11) is -0.630. The first kappa shape index (κ1) is 18.1. The number of carbonyl (C=O) groups is 1. The Labute approximate surface area is 156 Å². The average Bonchev–Trinajstić information content (AvgIpc) is 2.69. The van der Waals surface area contributed by atoms with Crippen LogP contribution in [0.15, 0.2) is 84.9 Å². The molecular weight excluding hydrogens is 336 g/mol. The lowest BCUT2D eigenvalue weighted by molar-refractivity contribution is -0.140. The van der Waals surface area contributed by atoms with Gasteiger partial charge in [0.2, 0.25) is 0 Å². The van der Waals surface area contributed by atoms with Gasteiger partial charge in [0.1, 0.15) is 8.07 Å². The molecule has 26 heavy (non-hydrogen) atoms. The van der Waals surface area contributed by atoms with E-state index in [1.54, 1.807) is 0 Å². The second kappa shape index (κ2) is 7.71. The van der Waals surface area contributed by atoms with Gasteiger partial charge >= 0.3 is 5.97 Å². The topological polar surface area (TPSA) is 26.3 Å². The Kier molecular flexibility index (Phi) is 5.38. The molecule has 1 atom stereocenters. The molecule has 0 fully saturated rings. The monoisotopic (exact) mass is 360 g/mol. The molecule has 2 nitrogen and oxygen atoms in total. The molecule has 132 valence electrons. The first-order valence-electron chi connectivity index (χ1n) is 8.83. The fraction of sp³-hybridized carbons (Fsp3) is 0.174. The summed E-state index contributed by atoms with van der Waals surface area (Å²) in [6.45, 7) is 4.46. The number of esters is 1. The van der Waals surface area contributed by atoms with E-state index in [0.29, 0.717) is 0 Å². The summed E-state index contributed by atoms with van der Waals surface area (Å²) in [5.74, 6) is -0.155. The van der Waals surface area contributed by atoms with E-state index >= 15 is 0 Å². The molecule has 0 radical (unpaired) electrons. The van der Waals surface area contributed by atoms with Crippen molar-refractivity contribution in [1.82, 2.24) is 0 Å². The maximum atomic E-state index is 12.7. The molecule has 0 saturated carbocycles. The van der Waals surface area contributed by atoms with Gasteiger partial charge in [-0.2, -0.15) is 0 Å². The van der Waals surface area contributed by atoms with Crippen LogP contribution in [0.25, 0.3) is 11.1 Å². The molecular formula is C23H24O2Si. The van der Waals surface area contributed by atoms with Gasteiger partial charge in [0.25, 0.3) is 0 Å². The minimum absolute atomic E-state index is 0.155. The molecule has 1 unspecified atom stereocenters. The molecule has 0 saturated heterocycles. The third-order valence-corrected chi connectivity index (χ3v) is 8.86. The van der Waals surface area contributed by atoms with E-state index in [0.717, 1.165) is 11.1 Å². The van der Waals surface area contributed by atoms with Gasteiger partial charge in [-0.05, 0) is 16.7 Å². The summed E-state index contributed by atoms with van der Waals surface area (Å²) in [6, 6.07) is 28.9. The molecule has 0 aliphatic heterocycles. The van der Waals surface area contributed by atoms with Crippen LogP contribution in [0.4, 0.5) is 0 Å². The predicted molar refractivity (Wildman–Crippen MR) is 110 cm³/mol. The summed E-state index contributed by atoms with van der Waals surface area (Å²) in [4.78, 5) is 12.7. The van der Waals surface area contributed by atoms with Crippen molar-refractivity contribution in [2.75, 3.05) is 7.11 Å². The largest absolute Gasteiger partial charge is 0.469 e. The highest BCUT2D eigenvalue weighted by atomic mass is 28.3. The van der Waals surface area contributed by atoms with Crippen molar-refractivity contribution in [3.05, 3.63) is 90.5 Å². The van der Waals surface area contributed by atoms with Crippen LogP contribution in [-0.4, -0.2) is 21.2 Å². The first-order valence-corrected chi connectivity index (χ1v) is 11.9. The van der Waals surface area contributed by atoms with Crippen molar-refractivity contribution in [3.8, 4) is 11.1 Å². The summed E-state index contributed by atoms with van der Waals surface area (Å²) in [5.41, 5.74) is 3.11. The van der Waals surface area contributed by atoms with Crippen molar-refractivity contribution in [2.45, 2.75) is 18.6 Å². The van der Waals surface area contributed by atoms with Crippen LogP contribution >= 0.6 is 0 Å². The van der Waals surface area contributed by atoms with Gasteiger partial charge in [-0.25, -0.2) is 0 Å². The van der Waals surface area contributed by atoms with Crippen LogP contribution in [0.5, 0.6) is 0 Å². The molecule has 3 aromatic carbocycles. The lowest BCUT2D eigenvalue weighted by Crippen LogP contribution is -2.50. The number of methoxy groups -OCH3 is 1. The second-order valence-electron chi connectivity index (χ2n) is 7.03. The fourth-order valence-corrected chi connectivity index (χ4v) is 6.62. The normalized spacial score (nSPS) is 12.4. The maximum absolute atomic E-state index is 12.7. The molecule has 0 bridgehead atoms. The van der Waals surface area contributed by atoms with Gasteiger partial charge in [0, 0.05) is 0 Å². The van der Waals surface area contributed by atoms with Crippen molar-refractivity contribution >= 4 is 19.2 Å². The van der Waals surface area contributed by atoms with Gasteiger partial charge in [-0.1, -0.05) is 103 Å². The summed E-state index contributed by atoms with van der Waals surface area (Å²) in [6.07, 6.45) is 0. The Bertz CT molecular complexity index is 856. The standard InChI is InChI=1S/C23H24O2Si/c1-25-23(24)22(26(2,3)21-12-8-5-9-13-21)20-16-14-19(15-17-20)18-10-6-4-7-11-18/h4-17,22H,1-3H3. The van der Waals surface area contributed by atoms with Crippen LogP contribution < -0.4 is 5.19 Å². The summed E-state index contributed by atoms with van der Waals surface area (Å²) < 4.78 is 5.19. The van der Waals surface area contributed by atoms with Gasteiger partial charge in [-0.3, -0.25) is 4.79 Å². The van der Waals surface area contributed by atoms with E-state index in [4.69, 9.17) is 4.74 Å². The minimum atomic E-state index is -2.10. The number of carbonyl (C=O) groups excluding carboxylic acids is 1. The van der Waals surface area contributed by atoms with Crippen molar-refractivity contribution < 1.29 is 9.53 Å². The first-order chi connectivity index (χ1) is 12.5. The summed E-state index contributed by atoms with van der Waals surface area (Å²) >= 11 is 0. The molecule has 3 aromatic rings. The maximum Gasteiger partial charge on any atom is 0.310 e. The van der Waals surface area contributed by atoms with E-state index in [1.165, 1.54) is 17.9 Å². The molecule has 0 heterocycles. The highest BCUT2D eigenvalue weighted by Gasteiger charge is 2.40. The molecule has 0 aromatic heterocycles. The van der Waals surface area contributed by atoms with Crippen LogP contribution in [-0.2, 0) is 9.53 Å². The molecule has 0 N–H and O–H groups in total. The number of ether oxygens (including phenoxy) is 1. The van der Waals surface area contributed by atoms with E-state index in [2.05, 4.69) is 61.6 Å². The van der Waals surface area contributed by atoms with Gasteiger partial charge in [0.15, 0.2) is 0 Å². The Balaban J connectivity index is 2.00. The third kappa shape index (κ3) is 3.63. The van der Waals surface area contributed by atoms with Gasteiger partial charge in [-0.15, -0.1) is 0 Å². The van der Waals surface area contributed by atoms with Gasteiger partial charge in [0.05, 0.1) is 12.7 Å². The van der Waals surface area contributed by atoms with E-state index < -0.39 is 8.07 Å². The highest BCUT2D eigenvalue weighted by molar-refractivity contribution is 6.93. The fourth-order valence-electron chi connectivity index (χ4n) is 3.50. The molecule has 3 rings (SSSR count). The van der Waals surface area contributed by atoms with E-state index in [-0.39, 0.29) is 11.5 Å². The molecule has 0 aliphatic carbocycles. The number of rotatable bonds is 5. The molecule has 0 aliphatic rings. The molecule has 0 spiro atoms. The Morgan fingerprint density at radius 1 is 0.769 bits per heavy atom. The second-order valence-corrected chi connectivity index (χ2v) is 11.6. The quantitative estimate of drug-likeness (QED) is 0.484. The molecule has 3 heteroatoms. The summed E-state index contributed by atoms with van der Waals surface area (Å²) in [5, 5.41) is 1.25. The van der Waals surface area contributed by atoms with Crippen LogP contribution in [0, 0.1) is 0 Å².